The van der Waals surface area contributed by atoms with Crippen LogP contribution in [0.1, 0.15) is 23.7 Å². The maximum Gasteiger partial charge on any atom is 0.192 e. The fraction of sp³-hybridized carbons (Fsp3) is 0.308. The number of halogens is 1. The Morgan fingerprint density at radius 3 is 2.62 bits per heavy atom. The maximum atomic E-state index is 12.1. The summed E-state index contributed by atoms with van der Waals surface area (Å²) in [5.74, 6) is 0. The van der Waals surface area contributed by atoms with E-state index in [0.29, 0.717) is 5.02 Å². The second-order valence-electron chi connectivity index (χ2n) is 4.06. The first-order chi connectivity index (χ1) is 7.54. The molecule has 0 spiro atoms. The van der Waals surface area contributed by atoms with Gasteiger partial charge in [-0.25, -0.2) is 0 Å². The zero-order valence-corrected chi connectivity index (χ0v) is 10.4. The monoisotopic (exact) mass is 235 g/mol. The van der Waals surface area contributed by atoms with Crippen LogP contribution in [0.3, 0.4) is 0 Å². The molecule has 0 amide bonds. The Balaban J connectivity index is 2.93. The molecule has 0 fully saturated rings. The summed E-state index contributed by atoms with van der Waals surface area (Å²) in [4.78, 5) is 15.4. The average Bonchev–Trinajstić information content (AvgIpc) is 2.26. The molecular formula is C13H14ClNO. The van der Waals surface area contributed by atoms with Crippen molar-refractivity contribution in [2.24, 2.45) is 0 Å². The Kier molecular flexibility index (Phi) is 2.76. The smallest absolute Gasteiger partial charge is 0.192 e. The Hall–Kier alpha value is -1.28. The third kappa shape index (κ3) is 1.63. The average molecular weight is 236 g/mol. The predicted octanol–water partition coefficient (Wildman–Crippen LogP) is 3.36. The van der Waals surface area contributed by atoms with E-state index in [0.717, 1.165) is 34.1 Å². The number of benzene rings is 1. The summed E-state index contributed by atoms with van der Waals surface area (Å²) in [5, 5.41) is 1.41. The highest BCUT2D eigenvalue weighted by Crippen LogP contribution is 2.21. The first-order valence-electron chi connectivity index (χ1n) is 5.36. The number of hydrogen-bond donors (Lipinski definition) is 1. The Morgan fingerprint density at radius 1 is 1.31 bits per heavy atom. The Bertz CT molecular complexity index is 613. The molecule has 0 aliphatic carbocycles. The van der Waals surface area contributed by atoms with E-state index in [9.17, 15) is 4.79 Å². The van der Waals surface area contributed by atoms with Crippen LogP contribution < -0.4 is 5.43 Å². The first-order valence-corrected chi connectivity index (χ1v) is 5.74. The van der Waals surface area contributed by atoms with Gasteiger partial charge >= 0.3 is 0 Å². The van der Waals surface area contributed by atoms with Crippen molar-refractivity contribution in [3.8, 4) is 0 Å². The quantitative estimate of drug-likeness (QED) is 0.808. The van der Waals surface area contributed by atoms with Crippen molar-refractivity contribution in [3.05, 3.63) is 44.2 Å². The fourth-order valence-electron chi connectivity index (χ4n) is 1.92. The van der Waals surface area contributed by atoms with Gasteiger partial charge in [-0.3, -0.25) is 4.79 Å². The molecule has 2 rings (SSSR count). The van der Waals surface area contributed by atoms with Crippen LogP contribution in [0.25, 0.3) is 10.9 Å². The zero-order chi connectivity index (χ0) is 11.9. The van der Waals surface area contributed by atoms with Crippen molar-refractivity contribution in [2.75, 3.05) is 0 Å². The predicted molar refractivity (Wildman–Crippen MR) is 68.4 cm³/mol. The van der Waals surface area contributed by atoms with E-state index >= 15 is 0 Å². The SMILES string of the molecule is CCc1[nH]c2cc(Cl)c(C)cc2c(=O)c1C. The molecule has 0 aliphatic heterocycles. The highest BCUT2D eigenvalue weighted by atomic mass is 35.5. The van der Waals surface area contributed by atoms with Crippen LogP contribution in [0.15, 0.2) is 16.9 Å². The topological polar surface area (TPSA) is 32.9 Å². The molecule has 0 saturated heterocycles. The first kappa shape index (κ1) is 11.2. The van der Waals surface area contributed by atoms with Crippen LogP contribution in [0.2, 0.25) is 5.02 Å². The summed E-state index contributed by atoms with van der Waals surface area (Å²) in [7, 11) is 0. The maximum absolute atomic E-state index is 12.1. The van der Waals surface area contributed by atoms with Gasteiger partial charge in [0, 0.05) is 21.7 Å². The number of fused-ring (bicyclic) bond motifs is 1. The molecule has 1 N–H and O–H groups in total. The second-order valence-corrected chi connectivity index (χ2v) is 4.47. The summed E-state index contributed by atoms with van der Waals surface area (Å²) in [6, 6.07) is 3.68. The van der Waals surface area contributed by atoms with Gasteiger partial charge in [0.1, 0.15) is 0 Å². The van der Waals surface area contributed by atoms with Crippen molar-refractivity contribution < 1.29 is 0 Å². The normalized spacial score (nSPS) is 11.0. The van der Waals surface area contributed by atoms with Gasteiger partial charge in [-0.2, -0.15) is 0 Å². The standard InChI is InChI=1S/C13H14ClNO/c1-4-11-8(3)13(16)9-5-7(2)10(14)6-12(9)15-11/h5-6H,4H2,1-3H3,(H,15,16). The molecule has 0 atom stereocenters. The van der Waals surface area contributed by atoms with E-state index in [1.165, 1.54) is 0 Å². The molecule has 3 heteroatoms. The number of aryl methyl sites for hydroxylation is 2. The van der Waals surface area contributed by atoms with E-state index in [1.54, 1.807) is 0 Å². The molecule has 0 radical (unpaired) electrons. The molecule has 16 heavy (non-hydrogen) atoms. The Labute approximate surface area is 99.3 Å². The molecule has 2 nitrogen and oxygen atoms in total. The molecule has 0 aliphatic rings. The van der Waals surface area contributed by atoms with Crippen molar-refractivity contribution in [3.63, 3.8) is 0 Å². The van der Waals surface area contributed by atoms with Crippen LogP contribution in [0.5, 0.6) is 0 Å². The van der Waals surface area contributed by atoms with Crippen LogP contribution >= 0.6 is 11.6 Å². The van der Waals surface area contributed by atoms with Gasteiger partial charge < -0.3 is 4.98 Å². The zero-order valence-electron chi connectivity index (χ0n) is 9.65. The molecule has 0 saturated carbocycles. The molecule has 84 valence electrons. The van der Waals surface area contributed by atoms with E-state index in [-0.39, 0.29) is 5.43 Å². The highest BCUT2D eigenvalue weighted by Gasteiger charge is 2.08. The van der Waals surface area contributed by atoms with Crippen LogP contribution in [-0.4, -0.2) is 4.98 Å². The number of hydrogen-bond acceptors (Lipinski definition) is 1. The van der Waals surface area contributed by atoms with E-state index < -0.39 is 0 Å². The minimum atomic E-state index is 0.102. The number of rotatable bonds is 1. The number of H-pyrrole nitrogens is 1. The largest absolute Gasteiger partial charge is 0.358 e. The number of aromatic amines is 1. The highest BCUT2D eigenvalue weighted by molar-refractivity contribution is 6.32. The fourth-order valence-corrected chi connectivity index (χ4v) is 2.09. The van der Waals surface area contributed by atoms with E-state index in [2.05, 4.69) is 4.98 Å². The van der Waals surface area contributed by atoms with Gasteiger partial charge in [0.05, 0.1) is 5.52 Å². The van der Waals surface area contributed by atoms with Gasteiger partial charge in [-0.05, 0) is 38.0 Å². The van der Waals surface area contributed by atoms with E-state index in [1.807, 2.05) is 32.9 Å². The number of nitrogens with one attached hydrogen (secondary N) is 1. The lowest BCUT2D eigenvalue weighted by molar-refractivity contribution is 1.02. The third-order valence-electron chi connectivity index (χ3n) is 2.98. The molecule has 1 heterocycles. The van der Waals surface area contributed by atoms with Gasteiger partial charge in [-0.15, -0.1) is 0 Å². The summed E-state index contributed by atoms with van der Waals surface area (Å²) in [6.07, 6.45) is 0.822. The molecule has 0 bridgehead atoms. The van der Waals surface area contributed by atoms with Crippen LogP contribution in [0, 0.1) is 13.8 Å². The summed E-state index contributed by atoms with van der Waals surface area (Å²) in [5.41, 5.74) is 3.64. The van der Waals surface area contributed by atoms with Crippen LogP contribution in [0.4, 0.5) is 0 Å². The molecule has 1 aromatic heterocycles. The van der Waals surface area contributed by atoms with Gasteiger partial charge in [0.15, 0.2) is 5.43 Å². The summed E-state index contributed by atoms with van der Waals surface area (Å²) in [6.45, 7) is 5.80. The third-order valence-corrected chi connectivity index (χ3v) is 3.38. The lowest BCUT2D eigenvalue weighted by atomic mass is 10.1. The second kappa shape index (κ2) is 3.95. The summed E-state index contributed by atoms with van der Waals surface area (Å²) < 4.78 is 0. The Morgan fingerprint density at radius 2 is 2.00 bits per heavy atom. The lowest BCUT2D eigenvalue weighted by Gasteiger charge is -2.07. The van der Waals surface area contributed by atoms with Crippen LogP contribution in [-0.2, 0) is 6.42 Å². The van der Waals surface area contributed by atoms with E-state index in [4.69, 9.17) is 11.6 Å². The minimum absolute atomic E-state index is 0.102. The van der Waals surface area contributed by atoms with Crippen molar-refractivity contribution in [1.29, 1.82) is 0 Å². The molecule has 1 aromatic carbocycles. The molecule has 0 unspecified atom stereocenters. The van der Waals surface area contributed by atoms with Gasteiger partial charge in [0.25, 0.3) is 0 Å². The van der Waals surface area contributed by atoms with Crippen molar-refractivity contribution >= 4 is 22.5 Å². The molecular weight excluding hydrogens is 222 g/mol. The van der Waals surface area contributed by atoms with Gasteiger partial charge in [-0.1, -0.05) is 18.5 Å². The van der Waals surface area contributed by atoms with Crippen molar-refractivity contribution in [2.45, 2.75) is 27.2 Å². The van der Waals surface area contributed by atoms with Gasteiger partial charge in [0.2, 0.25) is 0 Å². The van der Waals surface area contributed by atoms with Crippen molar-refractivity contribution in [1.82, 2.24) is 4.98 Å². The summed E-state index contributed by atoms with van der Waals surface area (Å²) >= 11 is 6.05. The number of aromatic nitrogens is 1. The molecule has 2 aromatic rings. The lowest BCUT2D eigenvalue weighted by Crippen LogP contribution is -2.11. The minimum Gasteiger partial charge on any atom is -0.358 e. The number of pyridine rings is 1.